The monoisotopic (exact) mass is 195 g/mol. The highest BCUT2D eigenvalue weighted by molar-refractivity contribution is 6.00. The van der Waals surface area contributed by atoms with Gasteiger partial charge in [-0.2, -0.15) is 0 Å². The molecule has 0 saturated carbocycles. The van der Waals surface area contributed by atoms with Gasteiger partial charge in [-0.3, -0.25) is 4.79 Å². The lowest BCUT2D eigenvalue weighted by Gasteiger charge is -2.19. The quantitative estimate of drug-likeness (QED) is 0.541. The van der Waals surface area contributed by atoms with E-state index in [-0.39, 0.29) is 5.78 Å². The summed E-state index contributed by atoms with van der Waals surface area (Å²) in [5.41, 5.74) is 0.698. The highest BCUT2D eigenvalue weighted by atomic mass is 16.3. The van der Waals surface area contributed by atoms with Gasteiger partial charge in [0.1, 0.15) is 6.10 Å². The molecule has 14 heavy (non-hydrogen) atoms. The molecule has 3 heteroatoms. The molecule has 1 unspecified atom stereocenters. The summed E-state index contributed by atoms with van der Waals surface area (Å²) in [6, 6.07) is 0. The Morgan fingerprint density at radius 2 is 2.21 bits per heavy atom. The second-order valence-corrected chi connectivity index (χ2v) is 3.32. The largest absolute Gasteiger partial charge is 0.381 e. The predicted molar refractivity (Wildman–Crippen MR) is 55.8 cm³/mol. The van der Waals surface area contributed by atoms with Crippen molar-refractivity contribution in [2.75, 3.05) is 13.1 Å². The number of allylic oxidation sites excluding steroid dienone is 1. The van der Waals surface area contributed by atoms with Crippen molar-refractivity contribution in [2.24, 2.45) is 0 Å². The minimum absolute atomic E-state index is 0.167. The first kappa shape index (κ1) is 11.0. The van der Waals surface area contributed by atoms with E-state index < -0.39 is 6.10 Å². The van der Waals surface area contributed by atoms with Crippen LogP contribution in [0.2, 0.25) is 0 Å². The van der Waals surface area contributed by atoms with Gasteiger partial charge in [0.2, 0.25) is 0 Å². The number of hydrogen-bond acceptors (Lipinski definition) is 3. The first-order chi connectivity index (χ1) is 6.69. The van der Waals surface area contributed by atoms with Gasteiger partial charge >= 0.3 is 0 Å². The molecule has 0 aromatic heterocycles. The van der Waals surface area contributed by atoms with Crippen molar-refractivity contribution in [3.63, 3.8) is 0 Å². The number of carbonyl (C=O) groups is 1. The van der Waals surface area contributed by atoms with E-state index in [0.717, 1.165) is 13.1 Å². The maximum atomic E-state index is 11.5. The average Bonchev–Trinajstić information content (AvgIpc) is 2.20. The Kier molecular flexibility index (Phi) is 3.89. The molecule has 0 heterocycles. The molecule has 0 amide bonds. The summed E-state index contributed by atoms with van der Waals surface area (Å²) in [4.78, 5) is 13.6. The zero-order valence-electron chi connectivity index (χ0n) is 8.73. The molecule has 1 N–H and O–H groups in total. The normalized spacial score (nSPS) is 24.4. The van der Waals surface area contributed by atoms with Crippen LogP contribution in [-0.2, 0) is 4.79 Å². The molecule has 0 fully saturated rings. The molecule has 0 spiro atoms. The van der Waals surface area contributed by atoms with Gasteiger partial charge in [-0.05, 0) is 20.3 Å². The van der Waals surface area contributed by atoms with Crippen LogP contribution < -0.4 is 0 Å². The molecular weight excluding hydrogens is 178 g/mol. The summed E-state index contributed by atoms with van der Waals surface area (Å²) in [6.45, 7) is 5.85. The standard InChI is InChI=1S/C11H17NO2/c1-3-12(4-2)8-9-6-5-7-10(13)11(9)14/h5,7-8,10,13H,3-4,6H2,1-2H3. The molecule has 0 bridgehead atoms. The van der Waals surface area contributed by atoms with E-state index in [1.54, 1.807) is 6.08 Å². The summed E-state index contributed by atoms with van der Waals surface area (Å²) < 4.78 is 0. The van der Waals surface area contributed by atoms with Crippen LogP contribution in [0, 0.1) is 0 Å². The first-order valence-corrected chi connectivity index (χ1v) is 5.02. The third kappa shape index (κ3) is 2.45. The number of carbonyl (C=O) groups excluding carboxylic acids is 1. The van der Waals surface area contributed by atoms with Gasteiger partial charge in [-0.15, -0.1) is 0 Å². The molecule has 1 aliphatic carbocycles. The fraction of sp³-hybridized carbons (Fsp3) is 0.545. The summed E-state index contributed by atoms with van der Waals surface area (Å²) in [5.74, 6) is -0.167. The highest BCUT2D eigenvalue weighted by Crippen LogP contribution is 2.14. The fourth-order valence-corrected chi connectivity index (χ4v) is 1.44. The Morgan fingerprint density at radius 1 is 1.57 bits per heavy atom. The van der Waals surface area contributed by atoms with Gasteiger partial charge in [0, 0.05) is 24.9 Å². The molecule has 0 radical (unpaired) electrons. The molecule has 1 atom stereocenters. The minimum Gasteiger partial charge on any atom is -0.381 e. The lowest BCUT2D eigenvalue weighted by atomic mass is 9.98. The topological polar surface area (TPSA) is 40.5 Å². The molecule has 1 aliphatic rings. The third-order valence-corrected chi connectivity index (χ3v) is 2.39. The number of hydrogen-bond donors (Lipinski definition) is 1. The van der Waals surface area contributed by atoms with Crippen LogP contribution in [-0.4, -0.2) is 35.0 Å². The lowest BCUT2D eigenvalue weighted by Crippen LogP contribution is -2.25. The molecular formula is C11H17NO2. The molecule has 0 aromatic rings. The lowest BCUT2D eigenvalue weighted by molar-refractivity contribution is -0.121. The van der Waals surface area contributed by atoms with Crippen molar-refractivity contribution in [2.45, 2.75) is 26.4 Å². The van der Waals surface area contributed by atoms with Crippen molar-refractivity contribution >= 4 is 5.78 Å². The van der Waals surface area contributed by atoms with Crippen molar-refractivity contribution in [1.29, 1.82) is 0 Å². The second-order valence-electron chi connectivity index (χ2n) is 3.32. The van der Waals surface area contributed by atoms with E-state index in [1.807, 2.05) is 26.1 Å². The minimum atomic E-state index is -0.939. The van der Waals surface area contributed by atoms with Gasteiger partial charge in [0.15, 0.2) is 5.78 Å². The van der Waals surface area contributed by atoms with Crippen LogP contribution in [0.3, 0.4) is 0 Å². The van der Waals surface area contributed by atoms with Crippen LogP contribution in [0.25, 0.3) is 0 Å². The number of nitrogens with zero attached hydrogens (tertiary/aromatic N) is 1. The average molecular weight is 195 g/mol. The van der Waals surface area contributed by atoms with E-state index in [1.165, 1.54) is 0 Å². The van der Waals surface area contributed by atoms with Crippen molar-refractivity contribution in [1.82, 2.24) is 4.90 Å². The Labute approximate surface area is 84.7 Å². The van der Waals surface area contributed by atoms with Crippen LogP contribution in [0.15, 0.2) is 23.9 Å². The highest BCUT2D eigenvalue weighted by Gasteiger charge is 2.20. The van der Waals surface area contributed by atoms with Gasteiger partial charge < -0.3 is 10.0 Å². The molecule has 1 rings (SSSR count). The molecule has 0 aliphatic heterocycles. The Hall–Kier alpha value is -1.09. The van der Waals surface area contributed by atoms with Gasteiger partial charge in [-0.25, -0.2) is 0 Å². The predicted octanol–water partition coefficient (Wildman–Crippen LogP) is 1.10. The smallest absolute Gasteiger partial charge is 0.192 e. The van der Waals surface area contributed by atoms with Crippen molar-refractivity contribution in [3.8, 4) is 0 Å². The van der Waals surface area contributed by atoms with E-state index in [9.17, 15) is 9.90 Å². The second kappa shape index (κ2) is 4.96. The Balaban J connectivity index is 2.77. The maximum absolute atomic E-state index is 11.5. The molecule has 0 saturated heterocycles. The number of aliphatic hydroxyl groups is 1. The maximum Gasteiger partial charge on any atom is 0.192 e. The van der Waals surface area contributed by atoms with Gasteiger partial charge in [-0.1, -0.05) is 12.2 Å². The van der Waals surface area contributed by atoms with Gasteiger partial charge in [0.25, 0.3) is 0 Å². The Bertz CT molecular complexity index is 264. The van der Waals surface area contributed by atoms with Crippen LogP contribution >= 0.6 is 0 Å². The van der Waals surface area contributed by atoms with E-state index in [4.69, 9.17) is 0 Å². The number of aliphatic hydroxyl groups excluding tert-OH is 1. The zero-order valence-corrected chi connectivity index (χ0v) is 8.73. The van der Waals surface area contributed by atoms with Crippen LogP contribution in [0.4, 0.5) is 0 Å². The van der Waals surface area contributed by atoms with Crippen molar-refractivity contribution in [3.05, 3.63) is 23.9 Å². The number of ketones is 1. The molecule has 78 valence electrons. The van der Waals surface area contributed by atoms with Crippen LogP contribution in [0.5, 0.6) is 0 Å². The van der Waals surface area contributed by atoms with E-state index >= 15 is 0 Å². The fourth-order valence-electron chi connectivity index (χ4n) is 1.44. The van der Waals surface area contributed by atoms with Crippen molar-refractivity contribution < 1.29 is 9.90 Å². The first-order valence-electron chi connectivity index (χ1n) is 5.02. The summed E-state index contributed by atoms with van der Waals surface area (Å²) in [7, 11) is 0. The van der Waals surface area contributed by atoms with Gasteiger partial charge in [0.05, 0.1) is 0 Å². The summed E-state index contributed by atoms with van der Waals surface area (Å²) in [6.07, 6.45) is 4.93. The molecule has 3 nitrogen and oxygen atoms in total. The van der Waals surface area contributed by atoms with E-state index in [0.29, 0.717) is 12.0 Å². The zero-order chi connectivity index (χ0) is 10.6. The summed E-state index contributed by atoms with van der Waals surface area (Å²) in [5, 5.41) is 9.31. The van der Waals surface area contributed by atoms with E-state index in [2.05, 4.69) is 4.90 Å². The SMILES string of the molecule is CCN(C=C1CC=CC(O)C1=O)CC. The third-order valence-electron chi connectivity index (χ3n) is 2.39. The molecule has 0 aromatic carbocycles. The Morgan fingerprint density at radius 3 is 2.79 bits per heavy atom. The number of rotatable bonds is 3. The summed E-state index contributed by atoms with van der Waals surface area (Å²) >= 11 is 0. The van der Waals surface area contributed by atoms with Crippen LogP contribution in [0.1, 0.15) is 20.3 Å². The number of Topliss-reactive ketones (excluding diaryl/α,β-unsaturated/α-hetero) is 1.